The van der Waals surface area contributed by atoms with Gasteiger partial charge in [0.25, 0.3) is 10.0 Å². The summed E-state index contributed by atoms with van der Waals surface area (Å²) in [7, 11) is -3.72. The van der Waals surface area contributed by atoms with E-state index in [-0.39, 0.29) is 9.92 Å². The second-order valence-electron chi connectivity index (χ2n) is 2.16. The summed E-state index contributed by atoms with van der Waals surface area (Å²) in [5, 5.41) is 0.388. The van der Waals surface area contributed by atoms with Crippen LogP contribution in [0, 0.1) is 0 Å². The number of sulfonamides is 1. The third-order valence-electron chi connectivity index (χ3n) is 1.29. The smallest absolute Gasteiger partial charge is 0.206 e. The third kappa shape index (κ3) is 2.48. The average molecular weight is 261 g/mol. The topological polar surface area (TPSA) is 46.2 Å². The third-order valence-corrected chi connectivity index (χ3v) is 3.69. The summed E-state index contributed by atoms with van der Waals surface area (Å²) in [5.41, 5.74) is 0. The van der Waals surface area contributed by atoms with Crippen molar-refractivity contribution in [3.63, 3.8) is 0 Å². The zero-order chi connectivity index (χ0) is 10.1. The van der Waals surface area contributed by atoms with Gasteiger partial charge in [-0.15, -0.1) is 4.24 Å². The molecule has 1 aromatic carbocycles. The van der Waals surface area contributed by atoms with Crippen LogP contribution >= 0.6 is 35.0 Å². The standard InChI is InChI=1S/C6H4Cl3NO2S/c7-4-1-2-6(5(8)3-4)13(11,12)10-9/h1-3,10H. The van der Waals surface area contributed by atoms with E-state index in [2.05, 4.69) is 0 Å². The maximum atomic E-state index is 11.2. The minimum absolute atomic E-state index is 0.0284. The van der Waals surface area contributed by atoms with Crippen LogP contribution in [0.5, 0.6) is 0 Å². The van der Waals surface area contributed by atoms with Crippen molar-refractivity contribution in [2.45, 2.75) is 4.90 Å². The van der Waals surface area contributed by atoms with Crippen LogP contribution in [0.25, 0.3) is 0 Å². The van der Waals surface area contributed by atoms with E-state index >= 15 is 0 Å². The van der Waals surface area contributed by atoms with Gasteiger partial charge in [0, 0.05) is 5.02 Å². The molecule has 0 bridgehead atoms. The van der Waals surface area contributed by atoms with Crippen LogP contribution in [0.2, 0.25) is 10.0 Å². The highest BCUT2D eigenvalue weighted by atomic mass is 35.5. The van der Waals surface area contributed by atoms with Gasteiger partial charge in [-0.05, 0) is 30.0 Å². The number of hydrogen-bond donors (Lipinski definition) is 1. The van der Waals surface area contributed by atoms with Crippen molar-refractivity contribution in [1.82, 2.24) is 4.24 Å². The van der Waals surface area contributed by atoms with E-state index < -0.39 is 10.0 Å². The van der Waals surface area contributed by atoms with Crippen LogP contribution in [0.15, 0.2) is 23.1 Å². The molecule has 0 fully saturated rings. The molecular formula is C6H4Cl3NO2S. The molecule has 13 heavy (non-hydrogen) atoms. The largest absolute Gasteiger partial charge is 0.255 e. The lowest BCUT2D eigenvalue weighted by atomic mass is 10.4. The first-order chi connectivity index (χ1) is 5.97. The minimum Gasteiger partial charge on any atom is -0.206 e. The Bertz CT molecular complexity index is 418. The summed E-state index contributed by atoms with van der Waals surface area (Å²) < 4.78 is 24.0. The van der Waals surface area contributed by atoms with E-state index in [0.717, 1.165) is 0 Å². The van der Waals surface area contributed by atoms with Gasteiger partial charge in [0.15, 0.2) is 0 Å². The first-order valence-corrected chi connectivity index (χ1v) is 5.66. The first kappa shape index (κ1) is 11.1. The van der Waals surface area contributed by atoms with Gasteiger partial charge in [0.1, 0.15) is 4.90 Å². The van der Waals surface area contributed by atoms with E-state index in [1.54, 1.807) is 4.24 Å². The Morgan fingerprint density at radius 3 is 2.31 bits per heavy atom. The molecule has 0 amide bonds. The van der Waals surface area contributed by atoms with Gasteiger partial charge in [-0.25, -0.2) is 8.42 Å². The van der Waals surface area contributed by atoms with Crippen molar-refractivity contribution < 1.29 is 8.42 Å². The van der Waals surface area contributed by atoms with Crippen molar-refractivity contribution in [3.05, 3.63) is 28.2 Å². The Balaban J connectivity index is 3.33. The average Bonchev–Trinajstić information content (AvgIpc) is 2.03. The molecule has 0 atom stereocenters. The Labute approximate surface area is 90.8 Å². The fraction of sp³-hybridized carbons (Fsp3) is 0. The zero-order valence-electron chi connectivity index (χ0n) is 6.09. The van der Waals surface area contributed by atoms with E-state index in [1.807, 2.05) is 0 Å². The maximum absolute atomic E-state index is 11.2. The highest BCUT2D eigenvalue weighted by molar-refractivity contribution is 7.90. The summed E-state index contributed by atoms with van der Waals surface area (Å²) in [4.78, 5) is -0.103. The van der Waals surface area contributed by atoms with Crippen LogP contribution in [-0.2, 0) is 10.0 Å². The number of halogens is 3. The normalized spacial score (nSPS) is 11.6. The molecule has 0 aromatic heterocycles. The van der Waals surface area contributed by atoms with Crippen molar-refractivity contribution in [2.24, 2.45) is 0 Å². The summed E-state index contributed by atoms with van der Waals surface area (Å²) >= 11 is 16.2. The molecule has 0 unspecified atom stereocenters. The fourth-order valence-electron chi connectivity index (χ4n) is 0.735. The van der Waals surface area contributed by atoms with Gasteiger partial charge in [0.2, 0.25) is 0 Å². The molecule has 0 aliphatic rings. The summed E-state index contributed by atoms with van der Waals surface area (Å²) in [6.07, 6.45) is 0. The molecule has 0 radical (unpaired) electrons. The molecule has 0 aliphatic heterocycles. The van der Waals surface area contributed by atoms with Gasteiger partial charge in [-0.1, -0.05) is 23.2 Å². The molecule has 7 heteroatoms. The van der Waals surface area contributed by atoms with Crippen LogP contribution < -0.4 is 4.24 Å². The van der Waals surface area contributed by atoms with E-state index in [4.69, 9.17) is 35.0 Å². The number of hydrogen-bond acceptors (Lipinski definition) is 2. The summed E-state index contributed by atoms with van der Waals surface area (Å²) in [6, 6.07) is 4.01. The molecule has 3 nitrogen and oxygen atoms in total. The Morgan fingerprint density at radius 2 is 1.85 bits per heavy atom. The quantitative estimate of drug-likeness (QED) is 0.830. The lowest BCUT2D eigenvalue weighted by Crippen LogP contribution is -2.13. The predicted molar refractivity (Wildman–Crippen MR) is 52.6 cm³/mol. The summed E-state index contributed by atoms with van der Waals surface area (Å²) in [6.45, 7) is 0. The number of rotatable bonds is 2. The number of benzene rings is 1. The van der Waals surface area contributed by atoms with Crippen LogP contribution in [0.1, 0.15) is 0 Å². The zero-order valence-corrected chi connectivity index (χ0v) is 9.17. The van der Waals surface area contributed by atoms with E-state index in [0.29, 0.717) is 5.02 Å². The van der Waals surface area contributed by atoms with Gasteiger partial charge in [0.05, 0.1) is 5.02 Å². The molecule has 0 aliphatic carbocycles. The van der Waals surface area contributed by atoms with Gasteiger partial charge in [-0.2, -0.15) is 0 Å². The second kappa shape index (κ2) is 4.02. The maximum Gasteiger partial charge on any atom is 0.255 e. The lowest BCUT2D eigenvalue weighted by molar-refractivity contribution is 0.594. The first-order valence-electron chi connectivity index (χ1n) is 3.05. The minimum atomic E-state index is -3.72. The lowest BCUT2D eigenvalue weighted by Gasteiger charge is -2.02. The van der Waals surface area contributed by atoms with Gasteiger partial charge in [-0.3, -0.25) is 0 Å². The van der Waals surface area contributed by atoms with Crippen molar-refractivity contribution in [1.29, 1.82) is 0 Å². The Kier molecular flexibility index (Phi) is 3.43. The molecule has 0 spiro atoms. The van der Waals surface area contributed by atoms with E-state index in [1.165, 1.54) is 18.2 Å². The predicted octanol–water partition coefficient (Wildman–Crippen LogP) is 2.43. The van der Waals surface area contributed by atoms with Crippen LogP contribution in [0.3, 0.4) is 0 Å². The number of nitrogens with one attached hydrogen (secondary N) is 1. The van der Waals surface area contributed by atoms with Gasteiger partial charge >= 0.3 is 0 Å². The van der Waals surface area contributed by atoms with Crippen LogP contribution in [0.4, 0.5) is 0 Å². The molecule has 1 N–H and O–H groups in total. The van der Waals surface area contributed by atoms with Crippen molar-refractivity contribution in [3.8, 4) is 0 Å². The molecule has 1 rings (SSSR count). The van der Waals surface area contributed by atoms with Crippen LogP contribution in [-0.4, -0.2) is 8.42 Å². The molecular weight excluding hydrogens is 256 g/mol. The summed E-state index contributed by atoms with van der Waals surface area (Å²) in [5.74, 6) is 0. The van der Waals surface area contributed by atoms with E-state index in [9.17, 15) is 8.42 Å². The Morgan fingerprint density at radius 1 is 1.23 bits per heavy atom. The molecule has 0 heterocycles. The SMILES string of the molecule is O=S(=O)(NCl)c1ccc(Cl)cc1Cl. The second-order valence-corrected chi connectivity index (χ2v) is 5.06. The highest BCUT2D eigenvalue weighted by Crippen LogP contribution is 2.24. The molecule has 0 saturated carbocycles. The molecule has 72 valence electrons. The van der Waals surface area contributed by atoms with Gasteiger partial charge < -0.3 is 0 Å². The molecule has 1 aromatic rings. The Hall–Kier alpha value is -0.000000000000000111. The highest BCUT2D eigenvalue weighted by Gasteiger charge is 2.16. The fourth-order valence-corrected chi connectivity index (χ4v) is 2.34. The van der Waals surface area contributed by atoms with Crippen molar-refractivity contribution >= 4 is 45.0 Å². The monoisotopic (exact) mass is 259 g/mol. The molecule has 0 saturated heterocycles. The van der Waals surface area contributed by atoms with Crippen molar-refractivity contribution in [2.75, 3.05) is 0 Å².